The summed E-state index contributed by atoms with van der Waals surface area (Å²) in [4.78, 5) is 14.3. The van der Waals surface area contributed by atoms with Crippen LogP contribution in [0.4, 0.5) is 11.5 Å². The van der Waals surface area contributed by atoms with Gasteiger partial charge in [0, 0.05) is 35.6 Å². The van der Waals surface area contributed by atoms with E-state index in [1.54, 1.807) is 24.2 Å². The third-order valence-corrected chi connectivity index (χ3v) is 5.54. The maximum Gasteiger partial charge on any atom is 0.163 e. The fourth-order valence-electron chi connectivity index (χ4n) is 3.10. The minimum atomic E-state index is 0.647. The zero-order chi connectivity index (χ0) is 18.9. The summed E-state index contributed by atoms with van der Waals surface area (Å²) in [5, 5.41) is 13.2. The average Bonchev–Trinajstić information content (AvgIpc) is 3.20. The Bertz CT molecular complexity index is 1210. The molecule has 2 aromatic carbocycles. The van der Waals surface area contributed by atoms with Gasteiger partial charge in [-0.1, -0.05) is 30.0 Å². The Morgan fingerprint density at radius 1 is 1.04 bits per heavy atom. The van der Waals surface area contributed by atoms with Gasteiger partial charge in [0.1, 0.15) is 5.03 Å². The van der Waals surface area contributed by atoms with Crippen LogP contribution < -0.4 is 5.32 Å². The van der Waals surface area contributed by atoms with Gasteiger partial charge in [-0.2, -0.15) is 5.26 Å². The lowest BCUT2D eigenvalue weighted by molar-refractivity contribution is 0.797. The summed E-state index contributed by atoms with van der Waals surface area (Å²) in [6, 6.07) is 16.0. The van der Waals surface area contributed by atoms with Crippen molar-refractivity contribution in [1.29, 1.82) is 5.26 Å². The number of hydrogen-bond acceptors (Lipinski definition) is 6. The van der Waals surface area contributed by atoms with Crippen LogP contribution in [0.5, 0.6) is 0 Å². The van der Waals surface area contributed by atoms with Gasteiger partial charge < -0.3 is 9.88 Å². The third-order valence-electron chi connectivity index (χ3n) is 4.48. The van der Waals surface area contributed by atoms with Crippen molar-refractivity contribution in [3.63, 3.8) is 0 Å². The molecule has 1 aliphatic rings. The molecule has 1 aliphatic heterocycles. The van der Waals surface area contributed by atoms with Crippen molar-refractivity contribution >= 4 is 23.3 Å². The largest absolute Gasteiger partial charge is 0.337 e. The highest BCUT2D eigenvalue weighted by Crippen LogP contribution is 2.42. The van der Waals surface area contributed by atoms with E-state index in [9.17, 15) is 0 Å². The highest BCUT2D eigenvalue weighted by molar-refractivity contribution is 7.99. The van der Waals surface area contributed by atoms with Crippen LogP contribution in [0.2, 0.25) is 0 Å². The number of benzene rings is 2. The molecule has 0 atom stereocenters. The van der Waals surface area contributed by atoms with Crippen molar-refractivity contribution in [2.24, 2.45) is 0 Å². The molecule has 1 N–H and O–H groups in total. The second kappa shape index (κ2) is 6.83. The van der Waals surface area contributed by atoms with E-state index in [0.717, 1.165) is 39.2 Å². The van der Waals surface area contributed by atoms with Crippen molar-refractivity contribution in [2.45, 2.75) is 16.5 Å². The van der Waals surface area contributed by atoms with E-state index in [0.29, 0.717) is 5.56 Å². The number of imidazole rings is 1. The first-order valence-corrected chi connectivity index (χ1v) is 9.51. The van der Waals surface area contributed by atoms with E-state index in [-0.39, 0.29) is 0 Å². The van der Waals surface area contributed by atoms with Gasteiger partial charge in [-0.15, -0.1) is 0 Å². The number of rotatable bonds is 3. The molecular weight excluding hydrogens is 368 g/mol. The van der Waals surface area contributed by atoms with Crippen molar-refractivity contribution in [3.05, 3.63) is 78.5 Å². The predicted octanol–water partition coefficient (Wildman–Crippen LogP) is 4.47. The molecule has 0 spiro atoms. The number of nitriles is 1. The molecule has 4 aromatic rings. The topological polar surface area (TPSA) is 79.4 Å². The van der Waals surface area contributed by atoms with E-state index < -0.39 is 0 Å². The maximum atomic E-state index is 8.92. The highest BCUT2D eigenvalue weighted by Gasteiger charge is 2.17. The first-order chi connectivity index (χ1) is 13.8. The Morgan fingerprint density at radius 2 is 1.89 bits per heavy atom. The molecule has 3 heterocycles. The van der Waals surface area contributed by atoms with Crippen molar-refractivity contribution in [3.8, 4) is 17.3 Å². The lowest BCUT2D eigenvalue weighted by atomic mass is 10.1. The summed E-state index contributed by atoms with van der Waals surface area (Å²) in [5.41, 5.74) is 4.75. The Labute approximate surface area is 165 Å². The molecule has 2 aromatic heterocycles. The van der Waals surface area contributed by atoms with Gasteiger partial charge in [-0.3, -0.25) is 0 Å². The minimum absolute atomic E-state index is 0.647. The Hall–Kier alpha value is -3.63. The summed E-state index contributed by atoms with van der Waals surface area (Å²) < 4.78 is 2.05. The molecule has 5 rings (SSSR count). The fraction of sp³-hybridized carbons (Fsp3) is 0.0476. The first-order valence-electron chi connectivity index (χ1n) is 8.69. The summed E-state index contributed by atoms with van der Waals surface area (Å²) in [6.45, 7) is 0.718. The quantitative estimate of drug-likeness (QED) is 0.496. The van der Waals surface area contributed by atoms with Crippen LogP contribution in [0.15, 0.2) is 77.3 Å². The molecule has 28 heavy (non-hydrogen) atoms. The molecule has 0 bridgehead atoms. The van der Waals surface area contributed by atoms with E-state index in [2.05, 4.69) is 49.1 Å². The van der Waals surface area contributed by atoms with E-state index in [4.69, 9.17) is 5.26 Å². The predicted molar refractivity (Wildman–Crippen MR) is 107 cm³/mol. The fourth-order valence-corrected chi connectivity index (χ4v) is 3.98. The van der Waals surface area contributed by atoms with Crippen LogP contribution >= 0.6 is 11.8 Å². The normalized spacial score (nSPS) is 11.8. The smallest absolute Gasteiger partial charge is 0.163 e. The van der Waals surface area contributed by atoms with Crippen LogP contribution in [0, 0.1) is 11.3 Å². The molecule has 0 amide bonds. The molecule has 0 radical (unpaired) electrons. The van der Waals surface area contributed by atoms with Gasteiger partial charge in [-0.25, -0.2) is 15.0 Å². The molecule has 0 fully saturated rings. The van der Waals surface area contributed by atoms with Gasteiger partial charge in [0.05, 0.1) is 29.3 Å². The zero-order valence-electron chi connectivity index (χ0n) is 14.7. The van der Waals surface area contributed by atoms with E-state index in [1.807, 2.05) is 36.8 Å². The maximum absolute atomic E-state index is 8.92. The Balaban J connectivity index is 1.36. The monoisotopic (exact) mass is 382 g/mol. The molecule has 6 nitrogen and oxygen atoms in total. The Kier molecular flexibility index (Phi) is 4.04. The highest BCUT2D eigenvalue weighted by atomic mass is 32.2. The van der Waals surface area contributed by atoms with Crippen molar-refractivity contribution in [1.82, 2.24) is 19.5 Å². The standard InChI is InChI=1S/C21H14N6S/c22-10-14-1-4-16(5-2-14)18-12-27(13-25-18)11-15-3-6-19-17(9-15)26-20-21(28-19)24-8-7-23-20/h1-9,12-13H,11H2,(H,23,26). The van der Waals surface area contributed by atoms with Gasteiger partial charge in [0.2, 0.25) is 0 Å². The van der Waals surface area contributed by atoms with E-state index >= 15 is 0 Å². The van der Waals surface area contributed by atoms with Crippen molar-refractivity contribution in [2.75, 3.05) is 5.32 Å². The number of aromatic nitrogens is 4. The van der Waals surface area contributed by atoms with Crippen LogP contribution in [0.1, 0.15) is 11.1 Å². The third kappa shape index (κ3) is 3.10. The van der Waals surface area contributed by atoms with Crippen LogP contribution in [-0.4, -0.2) is 19.5 Å². The molecule has 134 valence electrons. The molecular formula is C21H14N6S. The van der Waals surface area contributed by atoms with Gasteiger partial charge >= 0.3 is 0 Å². The van der Waals surface area contributed by atoms with Gasteiger partial charge in [-0.05, 0) is 29.8 Å². The number of anilines is 2. The second-order valence-corrected chi connectivity index (χ2v) is 7.42. The summed E-state index contributed by atoms with van der Waals surface area (Å²) in [6.07, 6.45) is 7.24. The van der Waals surface area contributed by atoms with Crippen LogP contribution in [0.25, 0.3) is 11.3 Å². The number of nitrogens with one attached hydrogen (secondary N) is 1. The summed E-state index contributed by atoms with van der Waals surface area (Å²) in [7, 11) is 0. The molecule has 0 saturated carbocycles. The lowest BCUT2D eigenvalue weighted by Gasteiger charge is -2.19. The summed E-state index contributed by atoms with van der Waals surface area (Å²) >= 11 is 1.62. The number of nitrogens with zero attached hydrogens (tertiary/aromatic N) is 5. The van der Waals surface area contributed by atoms with Gasteiger partial charge in [0.25, 0.3) is 0 Å². The second-order valence-electron chi connectivity index (χ2n) is 6.39. The molecule has 7 heteroatoms. The minimum Gasteiger partial charge on any atom is -0.337 e. The van der Waals surface area contributed by atoms with E-state index in [1.165, 1.54) is 5.56 Å². The first kappa shape index (κ1) is 16.5. The van der Waals surface area contributed by atoms with Crippen LogP contribution in [0.3, 0.4) is 0 Å². The molecule has 0 unspecified atom stereocenters. The number of hydrogen-bond donors (Lipinski definition) is 1. The molecule has 0 aliphatic carbocycles. The zero-order valence-corrected chi connectivity index (χ0v) is 15.5. The molecule has 0 saturated heterocycles. The Morgan fingerprint density at radius 3 is 2.75 bits per heavy atom. The average molecular weight is 382 g/mol. The SMILES string of the molecule is N#Cc1ccc(-c2cn(Cc3ccc4c(c3)Nc3nccnc3S4)cn2)cc1. The lowest BCUT2D eigenvalue weighted by Crippen LogP contribution is -2.05. The van der Waals surface area contributed by atoms with Crippen LogP contribution in [-0.2, 0) is 6.54 Å². The van der Waals surface area contributed by atoms with Gasteiger partial charge in [0.15, 0.2) is 5.82 Å². The van der Waals surface area contributed by atoms with Crippen molar-refractivity contribution < 1.29 is 0 Å². The summed E-state index contributed by atoms with van der Waals surface area (Å²) in [5.74, 6) is 0.794. The number of fused-ring (bicyclic) bond motifs is 2.